The Bertz CT molecular complexity index is 1790. The van der Waals surface area contributed by atoms with Crippen LogP contribution < -0.4 is 0 Å². The van der Waals surface area contributed by atoms with E-state index in [1.807, 2.05) is 11.3 Å². The SMILES string of the molecule is CCn1c2ccccc2c2cc(-c3scc4c3c3ccsc3c3cc(C)nn34)ccc21. The molecule has 7 aromatic rings. The number of benzene rings is 2. The average molecular weight is 438 g/mol. The second kappa shape index (κ2) is 6.19. The van der Waals surface area contributed by atoms with Gasteiger partial charge in [0.15, 0.2) is 0 Å². The van der Waals surface area contributed by atoms with Crippen LogP contribution in [0.1, 0.15) is 12.6 Å². The Morgan fingerprint density at radius 1 is 0.839 bits per heavy atom. The third-order valence-electron chi connectivity index (χ3n) is 6.35. The van der Waals surface area contributed by atoms with Gasteiger partial charge in [0, 0.05) is 49.4 Å². The number of aromatic nitrogens is 3. The van der Waals surface area contributed by atoms with Crippen LogP contribution in [-0.4, -0.2) is 14.2 Å². The fourth-order valence-electron chi connectivity index (χ4n) is 5.06. The van der Waals surface area contributed by atoms with E-state index in [0.29, 0.717) is 0 Å². The zero-order chi connectivity index (χ0) is 20.7. The van der Waals surface area contributed by atoms with Crippen molar-refractivity contribution in [3.8, 4) is 10.4 Å². The van der Waals surface area contributed by atoms with Crippen molar-refractivity contribution in [1.82, 2.24) is 14.2 Å². The third kappa shape index (κ3) is 2.25. The zero-order valence-corrected chi connectivity index (χ0v) is 18.8. The van der Waals surface area contributed by atoms with Gasteiger partial charge in [-0.15, -0.1) is 22.7 Å². The van der Waals surface area contributed by atoms with Crippen LogP contribution in [0.3, 0.4) is 0 Å². The van der Waals surface area contributed by atoms with E-state index in [0.717, 1.165) is 12.2 Å². The van der Waals surface area contributed by atoms with E-state index in [2.05, 4.69) is 88.3 Å². The van der Waals surface area contributed by atoms with Crippen molar-refractivity contribution in [2.45, 2.75) is 20.4 Å². The lowest BCUT2D eigenvalue weighted by molar-refractivity contribution is 0.827. The molecule has 150 valence electrons. The molecule has 0 radical (unpaired) electrons. The van der Waals surface area contributed by atoms with Crippen LogP contribution in [0.5, 0.6) is 0 Å². The van der Waals surface area contributed by atoms with E-state index in [9.17, 15) is 0 Å². The second-order valence-corrected chi connectivity index (χ2v) is 9.86. The monoisotopic (exact) mass is 437 g/mol. The molecular formula is C26H19N3S2. The molecule has 0 atom stereocenters. The minimum Gasteiger partial charge on any atom is -0.341 e. The van der Waals surface area contributed by atoms with Gasteiger partial charge in [-0.1, -0.05) is 24.3 Å². The number of rotatable bonds is 2. The summed E-state index contributed by atoms with van der Waals surface area (Å²) in [6.45, 7) is 5.26. The van der Waals surface area contributed by atoms with Crippen LogP contribution in [-0.2, 0) is 6.54 Å². The fraction of sp³-hybridized carbons (Fsp3) is 0.115. The van der Waals surface area contributed by atoms with Crippen molar-refractivity contribution < 1.29 is 0 Å². The van der Waals surface area contributed by atoms with Gasteiger partial charge < -0.3 is 4.57 Å². The predicted octanol–water partition coefficient (Wildman–Crippen LogP) is 7.87. The second-order valence-electron chi connectivity index (χ2n) is 8.06. The van der Waals surface area contributed by atoms with Gasteiger partial charge in [0.05, 0.1) is 21.4 Å². The number of thiophene rings is 2. The Kier molecular flexibility index (Phi) is 3.50. The van der Waals surface area contributed by atoms with Crippen molar-refractivity contribution >= 4 is 71.0 Å². The standard InChI is InChI=1S/C26H19N3S2/c1-3-28-20-7-5-4-6-17(20)19-13-16(8-9-21(19)28)25-24-18-10-11-30-26(18)22-12-15(2)27-29(22)23(24)14-31-25/h4-14H,3H2,1-2H3. The van der Waals surface area contributed by atoms with E-state index >= 15 is 0 Å². The molecule has 0 saturated carbocycles. The Labute approximate surface area is 186 Å². The third-order valence-corrected chi connectivity index (χ3v) is 8.30. The van der Waals surface area contributed by atoms with Gasteiger partial charge in [0.2, 0.25) is 0 Å². The summed E-state index contributed by atoms with van der Waals surface area (Å²) in [5.74, 6) is 0. The first-order chi connectivity index (χ1) is 15.2. The maximum absolute atomic E-state index is 4.81. The lowest BCUT2D eigenvalue weighted by Gasteiger charge is -2.06. The highest BCUT2D eigenvalue weighted by Crippen LogP contribution is 2.43. The quantitative estimate of drug-likeness (QED) is 0.270. The van der Waals surface area contributed by atoms with E-state index in [1.165, 1.54) is 58.8 Å². The van der Waals surface area contributed by atoms with Gasteiger partial charge in [-0.2, -0.15) is 5.10 Å². The molecule has 0 fully saturated rings. The fourth-order valence-corrected chi connectivity index (χ4v) is 7.01. The van der Waals surface area contributed by atoms with Crippen LogP contribution in [0, 0.1) is 6.92 Å². The largest absolute Gasteiger partial charge is 0.341 e. The number of aryl methyl sites for hydroxylation is 2. The highest BCUT2D eigenvalue weighted by Gasteiger charge is 2.18. The summed E-state index contributed by atoms with van der Waals surface area (Å²) >= 11 is 3.63. The Morgan fingerprint density at radius 2 is 1.71 bits per heavy atom. The van der Waals surface area contributed by atoms with Crippen LogP contribution in [0.4, 0.5) is 0 Å². The molecule has 3 nitrogen and oxygen atoms in total. The van der Waals surface area contributed by atoms with Crippen molar-refractivity contribution in [3.05, 3.63) is 71.1 Å². The molecule has 0 unspecified atom stereocenters. The molecule has 0 bridgehead atoms. The summed E-state index contributed by atoms with van der Waals surface area (Å²) in [4.78, 5) is 1.32. The summed E-state index contributed by atoms with van der Waals surface area (Å²) < 4.78 is 5.86. The molecule has 0 spiro atoms. The molecule has 5 heterocycles. The van der Waals surface area contributed by atoms with E-state index < -0.39 is 0 Å². The van der Waals surface area contributed by atoms with Crippen LogP contribution in [0.15, 0.2) is 65.4 Å². The molecule has 0 aliphatic carbocycles. The van der Waals surface area contributed by atoms with Gasteiger partial charge in [0.25, 0.3) is 0 Å². The minimum absolute atomic E-state index is 0.970. The number of para-hydroxylation sites is 1. The van der Waals surface area contributed by atoms with E-state index in [-0.39, 0.29) is 0 Å². The van der Waals surface area contributed by atoms with Gasteiger partial charge in [-0.25, -0.2) is 4.52 Å². The van der Waals surface area contributed by atoms with Crippen molar-refractivity contribution in [3.63, 3.8) is 0 Å². The maximum atomic E-state index is 4.81. The van der Waals surface area contributed by atoms with E-state index in [4.69, 9.17) is 5.10 Å². The summed E-state index contributed by atoms with van der Waals surface area (Å²) in [5.41, 5.74) is 7.36. The topological polar surface area (TPSA) is 22.2 Å². The predicted molar refractivity (Wildman–Crippen MR) is 135 cm³/mol. The maximum Gasteiger partial charge on any atom is 0.0850 e. The Morgan fingerprint density at radius 3 is 2.61 bits per heavy atom. The van der Waals surface area contributed by atoms with Gasteiger partial charge in [-0.3, -0.25) is 0 Å². The molecule has 5 heteroatoms. The molecule has 2 aromatic carbocycles. The average Bonchev–Trinajstić information content (AvgIpc) is 3.55. The molecule has 0 aliphatic heterocycles. The van der Waals surface area contributed by atoms with E-state index in [1.54, 1.807) is 11.3 Å². The lowest BCUT2D eigenvalue weighted by atomic mass is 10.0. The summed E-state index contributed by atoms with van der Waals surface area (Å²) in [6.07, 6.45) is 0. The molecule has 5 aromatic heterocycles. The molecule has 31 heavy (non-hydrogen) atoms. The first kappa shape index (κ1) is 17.5. The number of nitrogens with zero attached hydrogens (tertiary/aromatic N) is 3. The van der Waals surface area contributed by atoms with Crippen molar-refractivity contribution in [2.24, 2.45) is 0 Å². The molecule has 0 N–H and O–H groups in total. The number of pyridine rings is 1. The lowest BCUT2D eigenvalue weighted by Crippen LogP contribution is -1.92. The highest BCUT2D eigenvalue weighted by molar-refractivity contribution is 7.19. The summed E-state index contributed by atoms with van der Waals surface area (Å²) in [6, 6.07) is 20.2. The minimum atomic E-state index is 0.970. The summed E-state index contributed by atoms with van der Waals surface area (Å²) in [7, 11) is 0. The smallest absolute Gasteiger partial charge is 0.0850 e. The normalized spacial score (nSPS) is 12.3. The first-order valence-corrected chi connectivity index (χ1v) is 12.3. The number of fused-ring (bicyclic) bond motifs is 9. The van der Waals surface area contributed by atoms with Crippen LogP contribution in [0.2, 0.25) is 0 Å². The van der Waals surface area contributed by atoms with Crippen LogP contribution in [0.25, 0.3) is 58.8 Å². The molecule has 0 saturated heterocycles. The number of hydrogen-bond donors (Lipinski definition) is 0. The van der Waals surface area contributed by atoms with Gasteiger partial charge in [-0.05, 0) is 55.1 Å². The Balaban J connectivity index is 1.59. The molecule has 0 aliphatic rings. The van der Waals surface area contributed by atoms with Crippen molar-refractivity contribution in [1.29, 1.82) is 0 Å². The molecular weight excluding hydrogens is 418 g/mol. The zero-order valence-electron chi connectivity index (χ0n) is 17.2. The first-order valence-electron chi connectivity index (χ1n) is 10.5. The Hall–Kier alpha value is -3.15. The van der Waals surface area contributed by atoms with Crippen molar-refractivity contribution in [2.75, 3.05) is 0 Å². The highest BCUT2D eigenvalue weighted by atomic mass is 32.1. The number of hydrogen-bond acceptors (Lipinski definition) is 3. The van der Waals surface area contributed by atoms with Gasteiger partial charge in [0.1, 0.15) is 0 Å². The molecule has 0 amide bonds. The molecule has 7 rings (SSSR count). The van der Waals surface area contributed by atoms with Gasteiger partial charge >= 0.3 is 0 Å². The van der Waals surface area contributed by atoms with Crippen LogP contribution >= 0.6 is 22.7 Å². The summed E-state index contributed by atoms with van der Waals surface area (Å²) in [5, 5.41) is 14.6.